The zero-order valence-corrected chi connectivity index (χ0v) is 9.43. The first-order valence-electron chi connectivity index (χ1n) is 5.24. The summed E-state index contributed by atoms with van der Waals surface area (Å²) < 4.78 is 0. The molecule has 13 heavy (non-hydrogen) atoms. The van der Waals surface area contributed by atoms with Gasteiger partial charge in [0, 0.05) is 12.5 Å². The Kier molecular flexibility index (Phi) is 6.72. The maximum absolute atomic E-state index is 5.23. The summed E-state index contributed by atoms with van der Waals surface area (Å²) in [6.07, 6.45) is 7.29. The predicted octanol–water partition coefficient (Wildman–Crippen LogP) is 2.67. The summed E-state index contributed by atoms with van der Waals surface area (Å²) >= 11 is 0. The van der Waals surface area contributed by atoms with Gasteiger partial charge in [0.15, 0.2) is 0 Å². The minimum Gasteiger partial charge on any atom is -0.314 e. The molecule has 1 nitrogen and oxygen atoms in total. The molecule has 0 amide bonds. The molecule has 0 bridgehead atoms. The highest BCUT2D eigenvalue weighted by Crippen LogP contribution is 2.15. The van der Waals surface area contributed by atoms with Gasteiger partial charge in [-0.2, -0.15) is 0 Å². The van der Waals surface area contributed by atoms with Crippen molar-refractivity contribution >= 4 is 0 Å². The molecular weight excluding hydrogens is 158 g/mol. The van der Waals surface area contributed by atoms with Gasteiger partial charge < -0.3 is 5.32 Å². The average molecular weight is 181 g/mol. The highest BCUT2D eigenvalue weighted by molar-refractivity contribution is 4.84. The molecule has 0 radical (unpaired) electrons. The Hall–Kier alpha value is -0.480. The van der Waals surface area contributed by atoms with Gasteiger partial charge in [-0.25, -0.2) is 0 Å². The van der Waals surface area contributed by atoms with Crippen molar-refractivity contribution in [3.63, 3.8) is 0 Å². The maximum Gasteiger partial charge on any atom is 0.00887 e. The van der Waals surface area contributed by atoms with Crippen molar-refractivity contribution < 1.29 is 0 Å². The van der Waals surface area contributed by atoms with E-state index in [4.69, 9.17) is 6.42 Å². The van der Waals surface area contributed by atoms with E-state index in [9.17, 15) is 0 Å². The normalized spacial score (nSPS) is 15.4. The fourth-order valence-electron chi connectivity index (χ4n) is 1.22. The van der Waals surface area contributed by atoms with Crippen LogP contribution in [-0.4, -0.2) is 12.6 Å². The second-order valence-corrected chi connectivity index (χ2v) is 4.26. The number of terminal acetylenes is 1. The van der Waals surface area contributed by atoms with Crippen LogP contribution in [0.3, 0.4) is 0 Å². The van der Waals surface area contributed by atoms with Gasteiger partial charge >= 0.3 is 0 Å². The van der Waals surface area contributed by atoms with Crippen LogP contribution in [0.2, 0.25) is 0 Å². The van der Waals surface area contributed by atoms with Crippen LogP contribution in [-0.2, 0) is 0 Å². The molecule has 0 aliphatic heterocycles. The van der Waals surface area contributed by atoms with Crippen molar-refractivity contribution in [2.24, 2.45) is 11.8 Å². The summed E-state index contributed by atoms with van der Waals surface area (Å²) in [4.78, 5) is 0. The van der Waals surface area contributed by atoms with E-state index in [1.807, 2.05) is 0 Å². The number of hydrogen-bond acceptors (Lipinski definition) is 1. The van der Waals surface area contributed by atoms with E-state index < -0.39 is 0 Å². The van der Waals surface area contributed by atoms with Gasteiger partial charge in [-0.05, 0) is 24.8 Å². The monoisotopic (exact) mass is 181 g/mol. The second kappa shape index (κ2) is 6.97. The Bertz CT molecular complexity index is 155. The van der Waals surface area contributed by atoms with Gasteiger partial charge in [-0.1, -0.05) is 27.7 Å². The third-order valence-electron chi connectivity index (χ3n) is 2.56. The number of rotatable bonds is 6. The third-order valence-corrected chi connectivity index (χ3v) is 2.56. The summed E-state index contributed by atoms with van der Waals surface area (Å²) in [5.41, 5.74) is 0. The lowest BCUT2D eigenvalue weighted by Crippen LogP contribution is -2.30. The standard InChI is InChI=1S/C12H23N/c1-6-7-8-11(4)12(5)9-13-10(2)3/h1,10-13H,7-9H2,2-5H3. The van der Waals surface area contributed by atoms with Crippen molar-refractivity contribution in [2.75, 3.05) is 6.54 Å². The van der Waals surface area contributed by atoms with Crippen LogP contribution in [0, 0.1) is 24.2 Å². The number of hydrogen-bond donors (Lipinski definition) is 1. The summed E-state index contributed by atoms with van der Waals surface area (Å²) in [5, 5.41) is 3.45. The van der Waals surface area contributed by atoms with Gasteiger partial charge in [0.2, 0.25) is 0 Å². The lowest BCUT2D eigenvalue weighted by Gasteiger charge is -2.20. The van der Waals surface area contributed by atoms with Gasteiger partial charge in [-0.3, -0.25) is 0 Å². The highest BCUT2D eigenvalue weighted by atomic mass is 14.9. The Morgan fingerprint density at radius 1 is 1.15 bits per heavy atom. The topological polar surface area (TPSA) is 12.0 Å². The van der Waals surface area contributed by atoms with Crippen LogP contribution < -0.4 is 5.32 Å². The van der Waals surface area contributed by atoms with Crippen LogP contribution >= 0.6 is 0 Å². The van der Waals surface area contributed by atoms with E-state index in [2.05, 4.69) is 38.9 Å². The third kappa shape index (κ3) is 6.66. The van der Waals surface area contributed by atoms with E-state index in [0.717, 1.165) is 31.2 Å². The molecule has 0 rings (SSSR count). The van der Waals surface area contributed by atoms with E-state index >= 15 is 0 Å². The maximum atomic E-state index is 5.23. The van der Waals surface area contributed by atoms with Crippen molar-refractivity contribution in [3.8, 4) is 12.3 Å². The van der Waals surface area contributed by atoms with E-state index in [1.165, 1.54) is 0 Å². The van der Waals surface area contributed by atoms with Gasteiger partial charge in [0.1, 0.15) is 0 Å². The molecule has 0 aliphatic rings. The first-order valence-corrected chi connectivity index (χ1v) is 5.24. The summed E-state index contributed by atoms with van der Waals surface area (Å²) in [5.74, 6) is 4.14. The van der Waals surface area contributed by atoms with Gasteiger partial charge in [-0.15, -0.1) is 12.3 Å². The first-order chi connectivity index (χ1) is 6.07. The molecule has 0 fully saturated rings. The van der Waals surface area contributed by atoms with Crippen molar-refractivity contribution in [1.29, 1.82) is 0 Å². The molecule has 0 spiro atoms. The summed E-state index contributed by atoms with van der Waals surface area (Å²) in [6, 6.07) is 0.585. The van der Waals surface area contributed by atoms with E-state index in [1.54, 1.807) is 0 Å². The molecule has 1 N–H and O–H groups in total. The molecule has 0 aromatic rings. The number of nitrogens with one attached hydrogen (secondary N) is 1. The largest absolute Gasteiger partial charge is 0.314 e. The van der Waals surface area contributed by atoms with Crippen molar-refractivity contribution in [3.05, 3.63) is 0 Å². The predicted molar refractivity (Wildman–Crippen MR) is 59.5 cm³/mol. The van der Waals surface area contributed by atoms with E-state index in [-0.39, 0.29) is 0 Å². The molecule has 1 heteroatoms. The first kappa shape index (κ1) is 12.5. The smallest absolute Gasteiger partial charge is 0.00887 e. The molecule has 0 aromatic carbocycles. The molecular formula is C12H23N. The highest BCUT2D eigenvalue weighted by Gasteiger charge is 2.11. The lowest BCUT2D eigenvalue weighted by molar-refractivity contribution is 0.341. The molecule has 0 aliphatic carbocycles. The quantitative estimate of drug-likeness (QED) is 0.621. The van der Waals surface area contributed by atoms with Gasteiger partial charge in [0.05, 0.1) is 0 Å². The summed E-state index contributed by atoms with van der Waals surface area (Å²) in [6.45, 7) is 10.0. The van der Waals surface area contributed by atoms with E-state index in [0.29, 0.717) is 6.04 Å². The van der Waals surface area contributed by atoms with Crippen LogP contribution in [0.25, 0.3) is 0 Å². The zero-order valence-electron chi connectivity index (χ0n) is 9.43. The molecule has 76 valence electrons. The zero-order chi connectivity index (χ0) is 10.3. The second-order valence-electron chi connectivity index (χ2n) is 4.26. The molecule has 0 heterocycles. The van der Waals surface area contributed by atoms with Crippen LogP contribution in [0.15, 0.2) is 0 Å². The molecule has 0 saturated heterocycles. The Balaban J connectivity index is 3.57. The fourth-order valence-corrected chi connectivity index (χ4v) is 1.22. The Labute approximate surface area is 83.3 Å². The van der Waals surface area contributed by atoms with Crippen LogP contribution in [0.4, 0.5) is 0 Å². The summed E-state index contributed by atoms with van der Waals surface area (Å²) in [7, 11) is 0. The lowest BCUT2D eigenvalue weighted by atomic mass is 9.91. The SMILES string of the molecule is C#CCCC(C)C(C)CNC(C)C. The van der Waals surface area contributed by atoms with Crippen molar-refractivity contribution in [2.45, 2.75) is 46.6 Å². The fraction of sp³-hybridized carbons (Fsp3) is 0.833. The minimum atomic E-state index is 0.585. The Morgan fingerprint density at radius 3 is 2.23 bits per heavy atom. The van der Waals surface area contributed by atoms with Crippen molar-refractivity contribution in [1.82, 2.24) is 5.32 Å². The molecule has 0 saturated carbocycles. The molecule has 2 atom stereocenters. The average Bonchev–Trinajstić information content (AvgIpc) is 2.10. The van der Waals surface area contributed by atoms with Crippen LogP contribution in [0.5, 0.6) is 0 Å². The Morgan fingerprint density at radius 2 is 1.77 bits per heavy atom. The van der Waals surface area contributed by atoms with Gasteiger partial charge in [0.25, 0.3) is 0 Å². The molecule has 0 aromatic heterocycles. The minimum absolute atomic E-state index is 0.585. The molecule has 2 unspecified atom stereocenters. The van der Waals surface area contributed by atoms with Crippen LogP contribution in [0.1, 0.15) is 40.5 Å².